The van der Waals surface area contributed by atoms with Gasteiger partial charge in [-0.15, -0.1) is 0 Å². The van der Waals surface area contributed by atoms with Gasteiger partial charge in [0.25, 0.3) is 11.1 Å². The molecule has 30 heavy (non-hydrogen) atoms. The van der Waals surface area contributed by atoms with E-state index in [4.69, 9.17) is 14.2 Å². The van der Waals surface area contributed by atoms with Crippen LogP contribution in [0, 0.1) is 0 Å². The number of nitrogens with zero attached hydrogens (tertiary/aromatic N) is 1. The Kier molecular flexibility index (Phi) is 6.84. The lowest BCUT2D eigenvalue weighted by Gasteiger charge is -2.14. The summed E-state index contributed by atoms with van der Waals surface area (Å²) < 4.78 is 16.7. The number of hydrogen-bond acceptors (Lipinski definition) is 7. The molecule has 0 bridgehead atoms. The molecule has 2 aromatic carbocycles. The summed E-state index contributed by atoms with van der Waals surface area (Å²) in [6, 6.07) is 10.6. The zero-order valence-corrected chi connectivity index (χ0v) is 18.8. The molecule has 1 aliphatic heterocycles. The average molecular weight is 492 g/mol. The first kappa shape index (κ1) is 21.9. The largest absolute Gasteiger partial charge is 0.493 e. The second kappa shape index (κ2) is 9.36. The van der Waals surface area contributed by atoms with Crippen molar-refractivity contribution in [1.29, 1.82) is 0 Å². The van der Waals surface area contributed by atoms with Crippen molar-refractivity contribution in [2.45, 2.75) is 13.5 Å². The predicted octanol–water partition coefficient (Wildman–Crippen LogP) is 4.63. The van der Waals surface area contributed by atoms with Gasteiger partial charge in [0.05, 0.1) is 25.7 Å². The normalized spacial score (nSPS) is 14.9. The van der Waals surface area contributed by atoms with Crippen molar-refractivity contribution in [3.05, 3.63) is 56.9 Å². The maximum Gasteiger partial charge on any atom is 0.308 e. The number of ether oxygens (including phenoxy) is 3. The predicted molar refractivity (Wildman–Crippen MR) is 117 cm³/mol. The van der Waals surface area contributed by atoms with E-state index < -0.39 is 5.97 Å². The van der Waals surface area contributed by atoms with Gasteiger partial charge >= 0.3 is 5.97 Å². The van der Waals surface area contributed by atoms with Crippen molar-refractivity contribution in [2.75, 3.05) is 14.2 Å². The molecule has 1 aliphatic rings. The summed E-state index contributed by atoms with van der Waals surface area (Å²) in [6.07, 6.45) is 1.58. The zero-order valence-electron chi connectivity index (χ0n) is 16.4. The first-order valence-electron chi connectivity index (χ1n) is 8.76. The molecule has 7 nitrogen and oxygen atoms in total. The summed E-state index contributed by atoms with van der Waals surface area (Å²) in [4.78, 5) is 38.0. The molecule has 3 rings (SSSR count). The molecule has 0 atom stereocenters. The quantitative estimate of drug-likeness (QED) is 0.331. The molecule has 2 amide bonds. The SMILES string of the molecule is COc1cc(/C=C2\SC(=O)N(Cc3ccc(Br)cc3)C2=O)cc(OC)c1OC(C)=O. The van der Waals surface area contributed by atoms with E-state index in [1.807, 2.05) is 24.3 Å². The minimum absolute atomic E-state index is 0.146. The maximum atomic E-state index is 12.8. The minimum atomic E-state index is -0.520. The summed E-state index contributed by atoms with van der Waals surface area (Å²) in [5.41, 5.74) is 1.41. The average Bonchev–Trinajstić information content (AvgIpc) is 2.97. The van der Waals surface area contributed by atoms with Gasteiger partial charge in [-0.1, -0.05) is 28.1 Å². The summed E-state index contributed by atoms with van der Waals surface area (Å²) >= 11 is 4.22. The van der Waals surface area contributed by atoms with Crippen molar-refractivity contribution >= 4 is 50.9 Å². The van der Waals surface area contributed by atoms with Gasteiger partial charge in [-0.05, 0) is 53.2 Å². The molecule has 0 aromatic heterocycles. The number of imide groups is 1. The summed E-state index contributed by atoms with van der Waals surface area (Å²) in [6.45, 7) is 1.46. The van der Waals surface area contributed by atoms with E-state index in [2.05, 4.69) is 15.9 Å². The highest BCUT2D eigenvalue weighted by Gasteiger charge is 2.35. The van der Waals surface area contributed by atoms with Gasteiger partial charge < -0.3 is 14.2 Å². The second-order valence-electron chi connectivity index (χ2n) is 6.24. The molecular formula is C21H18BrNO6S. The van der Waals surface area contributed by atoms with E-state index in [-0.39, 0.29) is 39.8 Å². The highest BCUT2D eigenvalue weighted by Crippen LogP contribution is 2.40. The molecule has 0 saturated carbocycles. The lowest BCUT2D eigenvalue weighted by atomic mass is 10.1. The Balaban J connectivity index is 1.89. The number of amides is 2. The highest BCUT2D eigenvalue weighted by molar-refractivity contribution is 9.10. The minimum Gasteiger partial charge on any atom is -0.493 e. The topological polar surface area (TPSA) is 82.1 Å². The van der Waals surface area contributed by atoms with Crippen LogP contribution >= 0.6 is 27.7 Å². The Hall–Kier alpha value is -2.78. The molecule has 0 unspecified atom stereocenters. The number of rotatable bonds is 6. The Morgan fingerprint density at radius 1 is 1.10 bits per heavy atom. The first-order chi connectivity index (χ1) is 14.3. The van der Waals surface area contributed by atoms with Crippen LogP contribution in [-0.4, -0.2) is 36.2 Å². The van der Waals surface area contributed by atoms with E-state index in [0.29, 0.717) is 5.56 Å². The lowest BCUT2D eigenvalue weighted by Crippen LogP contribution is -2.27. The molecule has 156 valence electrons. The molecule has 1 fully saturated rings. The zero-order chi connectivity index (χ0) is 21.8. The summed E-state index contributed by atoms with van der Waals surface area (Å²) in [5.74, 6) is -0.217. The van der Waals surface area contributed by atoms with Crippen LogP contribution in [0.15, 0.2) is 45.8 Å². The van der Waals surface area contributed by atoms with E-state index >= 15 is 0 Å². The number of benzene rings is 2. The van der Waals surface area contributed by atoms with Crippen LogP contribution < -0.4 is 14.2 Å². The van der Waals surface area contributed by atoms with Crippen LogP contribution in [0.1, 0.15) is 18.1 Å². The lowest BCUT2D eigenvalue weighted by molar-refractivity contribution is -0.132. The Morgan fingerprint density at radius 2 is 1.70 bits per heavy atom. The number of carbonyl (C=O) groups excluding carboxylic acids is 3. The molecule has 1 saturated heterocycles. The molecular weight excluding hydrogens is 474 g/mol. The molecule has 0 radical (unpaired) electrons. The van der Waals surface area contributed by atoms with Gasteiger partial charge in [0, 0.05) is 11.4 Å². The molecule has 0 N–H and O–H groups in total. The fourth-order valence-corrected chi connectivity index (χ4v) is 3.89. The van der Waals surface area contributed by atoms with Crippen molar-refractivity contribution in [3.8, 4) is 17.2 Å². The number of thioether (sulfide) groups is 1. The third-order valence-electron chi connectivity index (χ3n) is 4.15. The number of hydrogen-bond donors (Lipinski definition) is 0. The first-order valence-corrected chi connectivity index (χ1v) is 10.4. The molecule has 0 spiro atoms. The van der Waals surface area contributed by atoms with Gasteiger partial charge in [0.1, 0.15) is 0 Å². The Labute approximate surface area is 186 Å². The highest BCUT2D eigenvalue weighted by atomic mass is 79.9. The van der Waals surface area contributed by atoms with E-state index in [0.717, 1.165) is 21.8 Å². The Morgan fingerprint density at radius 3 is 2.23 bits per heavy atom. The van der Waals surface area contributed by atoms with Crippen LogP contribution in [-0.2, 0) is 16.1 Å². The van der Waals surface area contributed by atoms with Gasteiger partial charge in [-0.3, -0.25) is 19.3 Å². The van der Waals surface area contributed by atoms with Crippen molar-refractivity contribution in [2.24, 2.45) is 0 Å². The monoisotopic (exact) mass is 491 g/mol. The van der Waals surface area contributed by atoms with E-state index in [1.165, 1.54) is 26.0 Å². The van der Waals surface area contributed by atoms with Crippen molar-refractivity contribution in [3.63, 3.8) is 0 Å². The maximum absolute atomic E-state index is 12.8. The fourth-order valence-electron chi connectivity index (χ4n) is 2.79. The summed E-state index contributed by atoms with van der Waals surface area (Å²) in [5, 5.41) is -0.343. The number of halogens is 1. The van der Waals surface area contributed by atoms with Crippen LogP contribution in [0.4, 0.5) is 4.79 Å². The third-order valence-corrected chi connectivity index (χ3v) is 5.59. The standard InChI is InChI=1S/C21H18BrNO6S/c1-12(24)29-19-16(27-2)8-14(9-17(19)28-3)10-18-20(25)23(21(26)30-18)11-13-4-6-15(22)7-5-13/h4-10H,11H2,1-3H3/b18-10-. The van der Waals surface area contributed by atoms with Gasteiger partial charge in [-0.25, -0.2) is 0 Å². The fraction of sp³-hybridized carbons (Fsp3) is 0.190. The van der Waals surface area contributed by atoms with Gasteiger partial charge in [0.15, 0.2) is 11.5 Å². The number of esters is 1. The molecule has 0 aliphatic carbocycles. The Bertz CT molecular complexity index is 1010. The van der Waals surface area contributed by atoms with Crippen LogP contribution in [0.5, 0.6) is 17.2 Å². The summed E-state index contributed by atoms with van der Waals surface area (Å²) in [7, 11) is 2.86. The number of methoxy groups -OCH3 is 2. The van der Waals surface area contributed by atoms with Gasteiger partial charge in [0.2, 0.25) is 5.75 Å². The molecule has 1 heterocycles. The second-order valence-corrected chi connectivity index (χ2v) is 8.15. The van der Waals surface area contributed by atoms with Crippen molar-refractivity contribution < 1.29 is 28.6 Å². The van der Waals surface area contributed by atoms with Crippen LogP contribution in [0.25, 0.3) is 6.08 Å². The van der Waals surface area contributed by atoms with Crippen LogP contribution in [0.3, 0.4) is 0 Å². The molecule has 9 heteroatoms. The third kappa shape index (κ3) is 4.85. The van der Waals surface area contributed by atoms with Crippen LogP contribution in [0.2, 0.25) is 0 Å². The molecule has 2 aromatic rings. The van der Waals surface area contributed by atoms with E-state index in [1.54, 1.807) is 18.2 Å². The smallest absolute Gasteiger partial charge is 0.308 e. The van der Waals surface area contributed by atoms with E-state index in [9.17, 15) is 14.4 Å². The number of carbonyl (C=O) groups is 3. The van der Waals surface area contributed by atoms with Gasteiger partial charge in [-0.2, -0.15) is 0 Å². The van der Waals surface area contributed by atoms with Crippen molar-refractivity contribution in [1.82, 2.24) is 4.90 Å².